The fourth-order valence-corrected chi connectivity index (χ4v) is 3.21. The summed E-state index contributed by atoms with van der Waals surface area (Å²) in [6, 6.07) is 9.23. The van der Waals surface area contributed by atoms with Crippen LogP contribution < -0.4 is 0 Å². The van der Waals surface area contributed by atoms with Crippen molar-refractivity contribution in [3.05, 3.63) is 42.0 Å². The topological polar surface area (TPSA) is 90.0 Å². The Bertz CT molecular complexity index is 766. The van der Waals surface area contributed by atoms with Gasteiger partial charge in [-0.15, -0.1) is 0 Å². The molecule has 0 atom stereocenters. The maximum absolute atomic E-state index is 12.0. The van der Waals surface area contributed by atoms with Crippen molar-refractivity contribution in [1.29, 1.82) is 0 Å². The van der Waals surface area contributed by atoms with Crippen LogP contribution in [0.2, 0.25) is 0 Å². The van der Waals surface area contributed by atoms with E-state index in [-0.39, 0.29) is 31.1 Å². The first-order valence-corrected chi connectivity index (χ1v) is 10.8. The van der Waals surface area contributed by atoms with Crippen molar-refractivity contribution >= 4 is 28.0 Å². The Balaban J connectivity index is 2.29. The highest BCUT2D eigenvalue weighted by Gasteiger charge is 2.20. The summed E-state index contributed by atoms with van der Waals surface area (Å²) < 4.78 is 34.2. The molecule has 7 nitrogen and oxygen atoms in total. The standard InChI is InChI=1S/C20H29NO6S/c1-20(2,3)27-19(23)21(4)13-8-15-28(24,25)16-14-26-18(22)12-11-17-9-6-5-7-10-17/h5-7,9-12H,8,13-16H2,1-4H3. The van der Waals surface area contributed by atoms with Crippen molar-refractivity contribution in [1.82, 2.24) is 4.90 Å². The van der Waals surface area contributed by atoms with Gasteiger partial charge in [-0.3, -0.25) is 0 Å². The quantitative estimate of drug-likeness (QED) is 0.458. The highest BCUT2D eigenvalue weighted by Crippen LogP contribution is 2.09. The molecule has 156 valence electrons. The van der Waals surface area contributed by atoms with Crippen molar-refractivity contribution in [3.63, 3.8) is 0 Å². The molecule has 0 radical (unpaired) electrons. The lowest BCUT2D eigenvalue weighted by molar-refractivity contribution is -0.137. The lowest BCUT2D eigenvalue weighted by Crippen LogP contribution is -2.35. The summed E-state index contributed by atoms with van der Waals surface area (Å²) in [6.07, 6.45) is 2.64. The van der Waals surface area contributed by atoms with Crippen LogP contribution in [0.25, 0.3) is 6.08 Å². The number of ether oxygens (including phenoxy) is 2. The monoisotopic (exact) mass is 411 g/mol. The number of nitrogens with zero attached hydrogens (tertiary/aromatic N) is 1. The van der Waals surface area contributed by atoms with E-state index >= 15 is 0 Å². The molecular formula is C20H29NO6S. The summed E-state index contributed by atoms with van der Waals surface area (Å²) in [4.78, 5) is 24.8. The Kier molecular flexibility index (Phi) is 9.18. The zero-order valence-electron chi connectivity index (χ0n) is 16.9. The van der Waals surface area contributed by atoms with Crippen LogP contribution in [-0.4, -0.2) is 62.7 Å². The Labute approximate surface area is 167 Å². The first kappa shape index (κ1) is 23.7. The Morgan fingerprint density at radius 3 is 2.36 bits per heavy atom. The van der Waals surface area contributed by atoms with Crippen LogP contribution in [0.1, 0.15) is 32.8 Å². The predicted octanol–water partition coefficient (Wildman–Crippen LogP) is 2.91. The second-order valence-electron chi connectivity index (χ2n) is 7.32. The van der Waals surface area contributed by atoms with Gasteiger partial charge in [0.05, 0.1) is 11.5 Å². The molecule has 1 amide bonds. The van der Waals surface area contributed by atoms with Gasteiger partial charge < -0.3 is 14.4 Å². The van der Waals surface area contributed by atoms with Gasteiger partial charge in [0.1, 0.15) is 12.2 Å². The first-order valence-electron chi connectivity index (χ1n) is 9.03. The number of benzene rings is 1. The van der Waals surface area contributed by atoms with Crippen LogP contribution in [0, 0.1) is 0 Å². The lowest BCUT2D eigenvalue weighted by atomic mass is 10.2. The fourth-order valence-electron chi connectivity index (χ4n) is 2.10. The van der Waals surface area contributed by atoms with Gasteiger partial charge in [-0.05, 0) is 38.8 Å². The number of hydrogen-bond acceptors (Lipinski definition) is 6. The molecule has 0 aliphatic heterocycles. The van der Waals surface area contributed by atoms with E-state index in [0.717, 1.165) is 5.56 Å². The minimum atomic E-state index is -3.38. The molecule has 0 fully saturated rings. The third-order valence-corrected chi connectivity index (χ3v) is 5.20. The van der Waals surface area contributed by atoms with Crippen LogP contribution in [-0.2, 0) is 24.1 Å². The molecule has 0 unspecified atom stereocenters. The Hall–Kier alpha value is -2.35. The van der Waals surface area contributed by atoms with Gasteiger partial charge in [0.25, 0.3) is 0 Å². The summed E-state index contributed by atoms with van der Waals surface area (Å²) in [5, 5.41) is 0. The zero-order chi connectivity index (χ0) is 21.2. The predicted molar refractivity (Wildman–Crippen MR) is 109 cm³/mol. The summed E-state index contributed by atoms with van der Waals surface area (Å²) in [5.74, 6) is -0.949. The second-order valence-corrected chi connectivity index (χ2v) is 9.62. The number of rotatable bonds is 9. The van der Waals surface area contributed by atoms with Gasteiger partial charge in [0.15, 0.2) is 9.84 Å². The normalized spacial score (nSPS) is 12.0. The van der Waals surface area contributed by atoms with E-state index in [4.69, 9.17) is 9.47 Å². The van der Waals surface area contributed by atoms with Crippen molar-refractivity contribution in [3.8, 4) is 0 Å². The number of carbonyl (C=O) groups excluding carboxylic acids is 2. The minimum Gasteiger partial charge on any atom is -0.461 e. The zero-order valence-corrected chi connectivity index (χ0v) is 17.7. The maximum Gasteiger partial charge on any atom is 0.410 e. The van der Waals surface area contributed by atoms with Crippen molar-refractivity contribution < 1.29 is 27.5 Å². The molecular weight excluding hydrogens is 382 g/mol. The molecule has 0 aliphatic carbocycles. The summed E-state index contributed by atoms with van der Waals surface area (Å²) in [5.41, 5.74) is 0.247. The number of amides is 1. The minimum absolute atomic E-state index is 0.0997. The molecule has 0 spiro atoms. The number of hydrogen-bond donors (Lipinski definition) is 0. The summed E-state index contributed by atoms with van der Waals surface area (Å²) in [6.45, 7) is 5.34. The van der Waals surface area contributed by atoms with Crippen LogP contribution in [0.5, 0.6) is 0 Å². The van der Waals surface area contributed by atoms with E-state index in [1.165, 1.54) is 11.0 Å². The van der Waals surface area contributed by atoms with E-state index < -0.39 is 27.5 Å². The Morgan fingerprint density at radius 1 is 1.11 bits per heavy atom. The average molecular weight is 412 g/mol. The highest BCUT2D eigenvalue weighted by atomic mass is 32.2. The molecule has 1 aromatic rings. The van der Waals surface area contributed by atoms with Gasteiger partial charge in [0.2, 0.25) is 0 Å². The Morgan fingerprint density at radius 2 is 1.75 bits per heavy atom. The van der Waals surface area contributed by atoms with Gasteiger partial charge in [-0.2, -0.15) is 0 Å². The van der Waals surface area contributed by atoms with Crippen LogP contribution >= 0.6 is 0 Å². The average Bonchev–Trinajstić information content (AvgIpc) is 2.59. The molecule has 0 bridgehead atoms. The van der Waals surface area contributed by atoms with E-state index in [1.807, 2.05) is 30.3 Å². The third kappa shape index (κ3) is 10.7. The summed E-state index contributed by atoms with van der Waals surface area (Å²) >= 11 is 0. The van der Waals surface area contributed by atoms with Crippen molar-refractivity contribution in [2.45, 2.75) is 32.8 Å². The summed E-state index contributed by atoms with van der Waals surface area (Å²) in [7, 11) is -1.82. The van der Waals surface area contributed by atoms with Crippen LogP contribution in [0.3, 0.4) is 0 Å². The molecule has 0 N–H and O–H groups in total. The van der Waals surface area contributed by atoms with Gasteiger partial charge >= 0.3 is 12.1 Å². The lowest BCUT2D eigenvalue weighted by Gasteiger charge is -2.24. The fraction of sp³-hybridized carbons (Fsp3) is 0.500. The smallest absolute Gasteiger partial charge is 0.410 e. The molecule has 0 aliphatic rings. The van der Waals surface area contributed by atoms with Crippen LogP contribution in [0.15, 0.2) is 36.4 Å². The highest BCUT2D eigenvalue weighted by molar-refractivity contribution is 7.91. The first-order chi connectivity index (χ1) is 13.0. The largest absolute Gasteiger partial charge is 0.461 e. The number of carbonyl (C=O) groups is 2. The van der Waals surface area contributed by atoms with E-state index in [1.54, 1.807) is 33.9 Å². The maximum atomic E-state index is 12.0. The second kappa shape index (κ2) is 10.8. The van der Waals surface area contributed by atoms with Crippen molar-refractivity contribution in [2.24, 2.45) is 0 Å². The molecule has 1 rings (SSSR count). The molecule has 0 saturated carbocycles. The molecule has 0 heterocycles. The molecule has 1 aromatic carbocycles. The molecule has 28 heavy (non-hydrogen) atoms. The number of sulfone groups is 1. The third-order valence-electron chi connectivity index (χ3n) is 3.50. The van der Waals surface area contributed by atoms with Gasteiger partial charge in [-0.1, -0.05) is 30.3 Å². The van der Waals surface area contributed by atoms with Gasteiger partial charge in [-0.25, -0.2) is 18.0 Å². The molecule has 0 saturated heterocycles. The van der Waals surface area contributed by atoms with E-state index in [2.05, 4.69) is 0 Å². The van der Waals surface area contributed by atoms with E-state index in [0.29, 0.717) is 0 Å². The van der Waals surface area contributed by atoms with Crippen molar-refractivity contribution in [2.75, 3.05) is 31.7 Å². The SMILES string of the molecule is CN(CCCS(=O)(=O)CCOC(=O)C=Cc1ccccc1)C(=O)OC(C)(C)C. The van der Waals surface area contributed by atoms with Gasteiger partial charge in [0, 0.05) is 19.7 Å². The molecule has 0 aromatic heterocycles. The molecule has 8 heteroatoms. The van der Waals surface area contributed by atoms with E-state index in [9.17, 15) is 18.0 Å². The van der Waals surface area contributed by atoms with Crippen LogP contribution in [0.4, 0.5) is 4.79 Å². The number of esters is 1.